The highest BCUT2D eigenvalue weighted by atomic mass is 79.9. The van der Waals surface area contributed by atoms with Gasteiger partial charge < -0.3 is 14.5 Å². The highest BCUT2D eigenvalue weighted by Gasteiger charge is 2.16. The maximum Gasteiger partial charge on any atom is 0.133 e. The van der Waals surface area contributed by atoms with E-state index in [1.807, 2.05) is 32.2 Å². The predicted molar refractivity (Wildman–Crippen MR) is 84.3 cm³/mol. The number of furan rings is 1. The first kappa shape index (κ1) is 15.1. The lowest BCUT2D eigenvalue weighted by atomic mass is 10.0. The fraction of sp³-hybridized carbons (Fsp3) is 0.375. The summed E-state index contributed by atoms with van der Waals surface area (Å²) in [5.41, 5.74) is 1.14. The van der Waals surface area contributed by atoms with Crippen LogP contribution in [-0.2, 0) is 0 Å². The summed E-state index contributed by atoms with van der Waals surface area (Å²) < 4.78 is 12.4. The lowest BCUT2D eigenvalue weighted by Crippen LogP contribution is -2.17. The van der Waals surface area contributed by atoms with Gasteiger partial charge in [0, 0.05) is 0 Å². The van der Waals surface area contributed by atoms with Crippen LogP contribution in [-0.4, -0.2) is 13.7 Å². The van der Waals surface area contributed by atoms with Gasteiger partial charge in [-0.2, -0.15) is 0 Å². The van der Waals surface area contributed by atoms with E-state index >= 15 is 0 Å². The molecule has 0 aliphatic heterocycles. The van der Waals surface area contributed by atoms with E-state index in [1.54, 1.807) is 0 Å². The minimum Gasteiger partial charge on any atom is -0.492 e. The van der Waals surface area contributed by atoms with Crippen LogP contribution >= 0.6 is 15.9 Å². The molecule has 0 saturated heterocycles. The second-order valence-corrected chi connectivity index (χ2v) is 5.56. The zero-order valence-electron chi connectivity index (χ0n) is 12.1. The number of aryl methyl sites for hydroxylation is 1. The summed E-state index contributed by atoms with van der Waals surface area (Å²) in [5, 5.41) is 3.28. The number of hydrogen-bond donors (Lipinski definition) is 1. The van der Waals surface area contributed by atoms with Crippen molar-refractivity contribution in [1.29, 1.82) is 0 Å². The molecule has 108 valence electrons. The summed E-state index contributed by atoms with van der Waals surface area (Å²) in [7, 11) is 1.93. The third-order valence-electron chi connectivity index (χ3n) is 3.09. The number of ether oxygens (including phenoxy) is 1. The molecule has 2 aromatic rings. The molecule has 0 radical (unpaired) electrons. The topological polar surface area (TPSA) is 34.4 Å². The van der Waals surface area contributed by atoms with E-state index in [4.69, 9.17) is 9.15 Å². The van der Waals surface area contributed by atoms with E-state index in [0.29, 0.717) is 0 Å². The molecule has 0 bridgehead atoms. The summed E-state index contributed by atoms with van der Waals surface area (Å²) in [6, 6.07) is 10.2. The molecule has 2 rings (SSSR count). The first-order valence-corrected chi connectivity index (χ1v) is 7.60. The Morgan fingerprint density at radius 2 is 2.10 bits per heavy atom. The van der Waals surface area contributed by atoms with Gasteiger partial charge in [-0.1, -0.05) is 13.0 Å². The molecule has 0 spiro atoms. The van der Waals surface area contributed by atoms with E-state index in [2.05, 4.69) is 40.3 Å². The van der Waals surface area contributed by atoms with E-state index in [0.717, 1.165) is 40.3 Å². The highest BCUT2D eigenvalue weighted by Crippen LogP contribution is 2.31. The van der Waals surface area contributed by atoms with Gasteiger partial charge in [0.1, 0.15) is 17.3 Å². The molecule has 1 unspecified atom stereocenters. The van der Waals surface area contributed by atoms with E-state index in [9.17, 15) is 0 Å². The second kappa shape index (κ2) is 6.95. The van der Waals surface area contributed by atoms with Gasteiger partial charge in [0.15, 0.2) is 0 Å². The minimum absolute atomic E-state index is 0.0419. The predicted octanol–water partition coefficient (Wildman–Crippen LogP) is 4.45. The highest BCUT2D eigenvalue weighted by molar-refractivity contribution is 9.10. The maximum absolute atomic E-state index is 5.72. The molecule has 0 fully saturated rings. The van der Waals surface area contributed by atoms with E-state index in [1.165, 1.54) is 0 Å². The van der Waals surface area contributed by atoms with Crippen LogP contribution in [0.2, 0.25) is 0 Å². The second-order valence-electron chi connectivity index (χ2n) is 4.71. The lowest BCUT2D eigenvalue weighted by molar-refractivity contribution is 0.315. The largest absolute Gasteiger partial charge is 0.492 e. The average Bonchev–Trinajstić information content (AvgIpc) is 2.85. The summed E-state index contributed by atoms with van der Waals surface area (Å²) in [6.07, 6.45) is 0.999. The lowest BCUT2D eigenvalue weighted by Gasteiger charge is -2.16. The minimum atomic E-state index is 0.0419. The Balaban J connectivity index is 2.24. The third-order valence-corrected chi connectivity index (χ3v) is 3.71. The van der Waals surface area contributed by atoms with Crippen molar-refractivity contribution in [2.75, 3.05) is 13.7 Å². The van der Waals surface area contributed by atoms with Crippen LogP contribution in [0.4, 0.5) is 0 Å². The molecular weight excluding hydrogens is 318 g/mol. The molecule has 0 aliphatic carbocycles. The monoisotopic (exact) mass is 337 g/mol. The summed E-state index contributed by atoms with van der Waals surface area (Å²) in [4.78, 5) is 0. The van der Waals surface area contributed by atoms with Gasteiger partial charge in [-0.3, -0.25) is 0 Å². The zero-order chi connectivity index (χ0) is 14.5. The molecule has 1 atom stereocenters. The van der Waals surface area contributed by atoms with Gasteiger partial charge >= 0.3 is 0 Å². The van der Waals surface area contributed by atoms with Crippen molar-refractivity contribution in [2.24, 2.45) is 0 Å². The molecule has 20 heavy (non-hydrogen) atoms. The van der Waals surface area contributed by atoms with Crippen molar-refractivity contribution in [3.8, 4) is 5.75 Å². The standard InChI is InChI=1S/C16H20BrNO2/c1-4-9-19-14-8-6-12(10-13(14)17)16(18-3)15-7-5-11(2)20-15/h5-8,10,16,18H,4,9H2,1-3H3. The first-order valence-electron chi connectivity index (χ1n) is 6.81. The van der Waals surface area contributed by atoms with Crippen molar-refractivity contribution in [3.63, 3.8) is 0 Å². The summed E-state index contributed by atoms with van der Waals surface area (Å²) >= 11 is 3.57. The Morgan fingerprint density at radius 3 is 2.65 bits per heavy atom. The van der Waals surface area contributed by atoms with Crippen LogP contribution in [0.1, 0.15) is 36.5 Å². The van der Waals surface area contributed by atoms with Crippen LogP contribution in [0.25, 0.3) is 0 Å². The summed E-state index contributed by atoms with van der Waals surface area (Å²) in [5.74, 6) is 2.71. The fourth-order valence-corrected chi connectivity index (χ4v) is 2.62. The van der Waals surface area contributed by atoms with Crippen LogP contribution in [0.3, 0.4) is 0 Å². The Morgan fingerprint density at radius 1 is 1.30 bits per heavy atom. The van der Waals surface area contributed by atoms with Crippen molar-refractivity contribution < 1.29 is 9.15 Å². The van der Waals surface area contributed by atoms with Gasteiger partial charge in [-0.05, 0) is 66.2 Å². The van der Waals surface area contributed by atoms with Crippen molar-refractivity contribution in [3.05, 3.63) is 51.9 Å². The van der Waals surface area contributed by atoms with Crippen LogP contribution in [0, 0.1) is 6.92 Å². The SMILES string of the molecule is CCCOc1ccc(C(NC)c2ccc(C)o2)cc1Br. The molecule has 0 saturated carbocycles. The number of benzene rings is 1. The number of hydrogen-bond acceptors (Lipinski definition) is 3. The molecule has 1 aromatic heterocycles. The van der Waals surface area contributed by atoms with E-state index in [-0.39, 0.29) is 6.04 Å². The molecule has 0 amide bonds. The molecule has 1 N–H and O–H groups in total. The third kappa shape index (κ3) is 3.44. The quantitative estimate of drug-likeness (QED) is 0.845. The van der Waals surface area contributed by atoms with Crippen LogP contribution in [0.5, 0.6) is 5.75 Å². The Hall–Kier alpha value is -1.26. The normalized spacial score (nSPS) is 12.4. The van der Waals surface area contributed by atoms with E-state index < -0.39 is 0 Å². The fourth-order valence-electron chi connectivity index (χ4n) is 2.11. The molecular formula is C16H20BrNO2. The van der Waals surface area contributed by atoms with Crippen molar-refractivity contribution in [2.45, 2.75) is 26.3 Å². The average molecular weight is 338 g/mol. The van der Waals surface area contributed by atoms with Gasteiger partial charge in [0.25, 0.3) is 0 Å². The number of rotatable bonds is 6. The van der Waals surface area contributed by atoms with Crippen LogP contribution < -0.4 is 10.1 Å². The van der Waals surface area contributed by atoms with Gasteiger partial charge in [-0.25, -0.2) is 0 Å². The number of nitrogens with one attached hydrogen (secondary N) is 1. The van der Waals surface area contributed by atoms with Gasteiger partial charge in [0.2, 0.25) is 0 Å². The Kier molecular flexibility index (Phi) is 5.26. The molecule has 0 aliphatic rings. The zero-order valence-corrected chi connectivity index (χ0v) is 13.7. The maximum atomic E-state index is 5.72. The summed E-state index contributed by atoms with van der Waals surface area (Å²) in [6.45, 7) is 4.77. The van der Waals surface area contributed by atoms with Crippen molar-refractivity contribution in [1.82, 2.24) is 5.32 Å². The van der Waals surface area contributed by atoms with Gasteiger partial charge in [0.05, 0.1) is 17.1 Å². The first-order chi connectivity index (χ1) is 9.65. The number of halogens is 1. The van der Waals surface area contributed by atoms with Crippen molar-refractivity contribution >= 4 is 15.9 Å². The molecule has 1 aromatic carbocycles. The smallest absolute Gasteiger partial charge is 0.133 e. The molecule has 1 heterocycles. The molecule has 3 nitrogen and oxygen atoms in total. The van der Waals surface area contributed by atoms with Crippen LogP contribution in [0.15, 0.2) is 39.2 Å². The molecule has 4 heteroatoms. The van der Waals surface area contributed by atoms with Gasteiger partial charge in [-0.15, -0.1) is 0 Å². The Bertz CT molecular complexity index is 565. The Labute approximate surface area is 128 Å².